The summed E-state index contributed by atoms with van der Waals surface area (Å²) in [4.78, 5) is 4.10. The Hall–Kier alpha value is -0.150. The maximum absolute atomic E-state index is 5.53. The molecular formula is C7H11ClN2S. The Labute approximate surface area is 75.5 Å². The summed E-state index contributed by atoms with van der Waals surface area (Å²) in [6.45, 7) is 6.37. The molecule has 1 aromatic rings. The zero-order valence-corrected chi connectivity index (χ0v) is 8.41. The first-order chi connectivity index (χ1) is 5.04. The largest absolute Gasteiger partial charge is 0.331 e. The molecule has 62 valence electrons. The summed E-state index contributed by atoms with van der Waals surface area (Å²) < 4.78 is 2.04. The lowest BCUT2D eigenvalue weighted by Crippen LogP contribution is -2.19. The van der Waals surface area contributed by atoms with Crippen LogP contribution in [-0.2, 0) is 5.54 Å². The lowest BCUT2D eigenvalue weighted by molar-refractivity contribution is 0.396. The van der Waals surface area contributed by atoms with E-state index in [0.29, 0.717) is 0 Å². The normalized spacial score (nSPS) is 12.0. The molecule has 0 aliphatic heterocycles. The molecule has 0 saturated carbocycles. The van der Waals surface area contributed by atoms with Gasteiger partial charge in [0.25, 0.3) is 0 Å². The van der Waals surface area contributed by atoms with Crippen LogP contribution in [0.15, 0.2) is 17.6 Å². The molecule has 0 N–H and O–H groups in total. The van der Waals surface area contributed by atoms with E-state index in [-0.39, 0.29) is 5.54 Å². The van der Waals surface area contributed by atoms with Crippen LogP contribution in [0.2, 0.25) is 0 Å². The maximum atomic E-state index is 5.53. The van der Waals surface area contributed by atoms with Gasteiger partial charge in [-0.05, 0) is 31.5 Å². The molecular weight excluding hydrogens is 180 g/mol. The van der Waals surface area contributed by atoms with E-state index in [0.717, 1.165) is 16.0 Å². The number of hydrogen-bond donors (Lipinski definition) is 0. The van der Waals surface area contributed by atoms with E-state index in [4.69, 9.17) is 10.7 Å². The third-order valence-corrected chi connectivity index (χ3v) is 2.26. The van der Waals surface area contributed by atoms with Crippen molar-refractivity contribution in [3.05, 3.63) is 12.5 Å². The molecule has 11 heavy (non-hydrogen) atoms. The molecule has 0 unspecified atom stereocenters. The minimum Gasteiger partial charge on any atom is -0.331 e. The van der Waals surface area contributed by atoms with Crippen LogP contribution in [0.3, 0.4) is 0 Å². The van der Waals surface area contributed by atoms with E-state index in [9.17, 15) is 0 Å². The van der Waals surface area contributed by atoms with Gasteiger partial charge in [0, 0.05) is 22.7 Å². The van der Waals surface area contributed by atoms with E-state index in [2.05, 4.69) is 25.8 Å². The van der Waals surface area contributed by atoms with Crippen LogP contribution in [0.1, 0.15) is 20.8 Å². The SMILES string of the molecule is CC(C)(C)n1cnc(SCl)c1. The first-order valence-electron chi connectivity index (χ1n) is 3.37. The van der Waals surface area contributed by atoms with Gasteiger partial charge in [-0.1, -0.05) is 0 Å². The van der Waals surface area contributed by atoms with Crippen LogP contribution in [0.25, 0.3) is 0 Å². The Balaban J connectivity index is 2.89. The minimum absolute atomic E-state index is 0.0951. The van der Waals surface area contributed by atoms with E-state index >= 15 is 0 Å². The van der Waals surface area contributed by atoms with Gasteiger partial charge in [-0.2, -0.15) is 0 Å². The molecule has 0 fully saturated rings. The molecule has 0 radical (unpaired) electrons. The minimum atomic E-state index is 0.0951. The van der Waals surface area contributed by atoms with Gasteiger partial charge in [0.1, 0.15) is 5.03 Å². The Kier molecular flexibility index (Phi) is 2.50. The van der Waals surface area contributed by atoms with Gasteiger partial charge >= 0.3 is 0 Å². The van der Waals surface area contributed by atoms with Crippen molar-refractivity contribution in [2.24, 2.45) is 0 Å². The first kappa shape index (κ1) is 8.94. The van der Waals surface area contributed by atoms with Gasteiger partial charge in [-0.25, -0.2) is 4.98 Å². The Bertz CT molecular complexity index is 239. The number of aromatic nitrogens is 2. The van der Waals surface area contributed by atoms with Crippen molar-refractivity contribution in [2.45, 2.75) is 31.3 Å². The van der Waals surface area contributed by atoms with E-state index in [1.807, 2.05) is 10.8 Å². The quantitative estimate of drug-likeness (QED) is 0.678. The molecule has 0 spiro atoms. The van der Waals surface area contributed by atoms with Crippen LogP contribution in [0, 0.1) is 0 Å². The summed E-state index contributed by atoms with van der Waals surface area (Å²) >= 11 is 0. The maximum Gasteiger partial charge on any atom is 0.129 e. The smallest absolute Gasteiger partial charge is 0.129 e. The van der Waals surface area contributed by atoms with Crippen LogP contribution < -0.4 is 0 Å². The fourth-order valence-electron chi connectivity index (χ4n) is 0.711. The number of nitrogens with zero attached hydrogens (tertiary/aromatic N) is 2. The number of rotatable bonds is 1. The van der Waals surface area contributed by atoms with E-state index in [1.165, 1.54) is 0 Å². The summed E-state index contributed by atoms with van der Waals surface area (Å²) in [6.07, 6.45) is 3.74. The van der Waals surface area contributed by atoms with Gasteiger partial charge < -0.3 is 4.57 Å². The molecule has 4 heteroatoms. The lowest BCUT2D eigenvalue weighted by atomic mass is 10.1. The van der Waals surface area contributed by atoms with Gasteiger partial charge in [0.05, 0.1) is 6.33 Å². The monoisotopic (exact) mass is 190 g/mol. The van der Waals surface area contributed by atoms with Crippen molar-refractivity contribution in [1.82, 2.24) is 9.55 Å². The van der Waals surface area contributed by atoms with Crippen molar-refractivity contribution >= 4 is 21.7 Å². The van der Waals surface area contributed by atoms with E-state index in [1.54, 1.807) is 6.33 Å². The van der Waals surface area contributed by atoms with Gasteiger partial charge in [-0.3, -0.25) is 0 Å². The fraction of sp³-hybridized carbons (Fsp3) is 0.571. The molecule has 0 aromatic carbocycles. The summed E-state index contributed by atoms with van der Waals surface area (Å²) in [6, 6.07) is 0. The Morgan fingerprint density at radius 2 is 2.18 bits per heavy atom. The molecule has 0 aliphatic carbocycles. The van der Waals surface area contributed by atoms with Crippen molar-refractivity contribution in [3.63, 3.8) is 0 Å². The average Bonchev–Trinajstić information content (AvgIpc) is 2.32. The number of hydrogen-bond acceptors (Lipinski definition) is 2. The second-order valence-corrected chi connectivity index (χ2v) is 4.40. The highest BCUT2D eigenvalue weighted by atomic mass is 35.7. The fourth-order valence-corrected chi connectivity index (χ4v) is 1.19. The summed E-state index contributed by atoms with van der Waals surface area (Å²) in [7, 11) is 6.68. The molecule has 0 bridgehead atoms. The third-order valence-electron chi connectivity index (χ3n) is 1.41. The molecule has 0 aliphatic rings. The van der Waals surface area contributed by atoms with Crippen LogP contribution in [0.4, 0.5) is 0 Å². The molecule has 0 amide bonds. The topological polar surface area (TPSA) is 17.8 Å². The van der Waals surface area contributed by atoms with Gasteiger partial charge in [0.15, 0.2) is 0 Å². The zero-order valence-electron chi connectivity index (χ0n) is 6.84. The molecule has 2 nitrogen and oxygen atoms in total. The summed E-state index contributed by atoms with van der Waals surface area (Å²) in [5.41, 5.74) is 0.0951. The van der Waals surface area contributed by atoms with Crippen molar-refractivity contribution in [1.29, 1.82) is 0 Å². The van der Waals surface area contributed by atoms with Crippen molar-refractivity contribution in [3.8, 4) is 0 Å². The number of halogens is 1. The van der Waals surface area contributed by atoms with Crippen LogP contribution >= 0.6 is 21.7 Å². The van der Waals surface area contributed by atoms with Gasteiger partial charge in [0.2, 0.25) is 0 Å². The van der Waals surface area contributed by atoms with Crippen molar-refractivity contribution < 1.29 is 0 Å². The van der Waals surface area contributed by atoms with E-state index < -0.39 is 0 Å². The molecule has 1 aromatic heterocycles. The standard InChI is InChI=1S/C7H11ClN2S/c1-7(2,3)10-4-6(11-8)9-5-10/h4-5H,1-3H3. The average molecular weight is 191 g/mol. The Morgan fingerprint density at radius 1 is 1.55 bits per heavy atom. The summed E-state index contributed by atoms with van der Waals surface area (Å²) in [5.74, 6) is 0. The predicted molar refractivity (Wildman–Crippen MR) is 48.9 cm³/mol. The highest BCUT2D eigenvalue weighted by molar-refractivity contribution is 8.21. The van der Waals surface area contributed by atoms with Crippen LogP contribution in [0.5, 0.6) is 0 Å². The van der Waals surface area contributed by atoms with Crippen molar-refractivity contribution in [2.75, 3.05) is 0 Å². The first-order valence-corrected chi connectivity index (χ1v) is 5.01. The molecule has 0 saturated heterocycles. The number of imidazole rings is 1. The predicted octanol–water partition coefficient (Wildman–Crippen LogP) is 2.88. The highest BCUT2D eigenvalue weighted by Crippen LogP contribution is 2.22. The second kappa shape index (κ2) is 3.07. The summed E-state index contributed by atoms with van der Waals surface area (Å²) in [5, 5.41) is 0.849. The van der Waals surface area contributed by atoms with Crippen LogP contribution in [-0.4, -0.2) is 9.55 Å². The van der Waals surface area contributed by atoms with Gasteiger partial charge in [-0.15, -0.1) is 0 Å². The third kappa shape index (κ3) is 2.14. The highest BCUT2D eigenvalue weighted by Gasteiger charge is 2.12. The second-order valence-electron chi connectivity index (χ2n) is 3.37. The molecule has 0 atom stereocenters. The molecule has 1 rings (SSSR count). The lowest BCUT2D eigenvalue weighted by Gasteiger charge is -2.19. The zero-order chi connectivity index (χ0) is 8.48. The Morgan fingerprint density at radius 3 is 2.45 bits per heavy atom. The molecule has 1 heterocycles.